The van der Waals surface area contributed by atoms with Crippen LogP contribution in [0.2, 0.25) is 0 Å². The molecule has 0 saturated carbocycles. The van der Waals surface area contributed by atoms with E-state index in [0.29, 0.717) is 40.0 Å². The fourth-order valence-corrected chi connectivity index (χ4v) is 4.67. The van der Waals surface area contributed by atoms with Crippen molar-refractivity contribution in [1.29, 1.82) is 0 Å². The second-order valence-corrected chi connectivity index (χ2v) is 8.51. The number of carbonyl (C=O) groups excluding carboxylic acids is 2. The Bertz CT molecular complexity index is 1400. The number of methoxy groups -OCH3 is 2. The van der Waals surface area contributed by atoms with Crippen molar-refractivity contribution in [3.05, 3.63) is 82.2 Å². The molecule has 0 unspecified atom stereocenters. The van der Waals surface area contributed by atoms with Crippen LogP contribution in [-0.4, -0.2) is 31.0 Å². The summed E-state index contributed by atoms with van der Waals surface area (Å²) in [6.07, 6.45) is 0. The Labute approximate surface area is 200 Å². The zero-order chi connectivity index (χ0) is 23.7. The molecule has 0 atom stereocenters. The maximum absolute atomic E-state index is 12.8. The number of nitrogens with zero attached hydrogens (tertiary/aromatic N) is 1. The van der Waals surface area contributed by atoms with E-state index in [1.165, 1.54) is 11.3 Å². The second kappa shape index (κ2) is 8.99. The van der Waals surface area contributed by atoms with Crippen LogP contribution in [0, 0.1) is 0 Å². The monoisotopic (exact) mass is 471 g/mol. The number of hydrogen-bond acceptors (Lipinski definition) is 6. The largest absolute Gasteiger partial charge is 0.497 e. The number of rotatable bonds is 6. The highest BCUT2D eigenvalue weighted by Crippen LogP contribution is 2.34. The summed E-state index contributed by atoms with van der Waals surface area (Å²) in [4.78, 5) is 29.3. The number of ether oxygens (including phenoxy) is 2. The van der Waals surface area contributed by atoms with E-state index in [-0.39, 0.29) is 11.8 Å². The van der Waals surface area contributed by atoms with E-state index in [0.717, 1.165) is 22.3 Å². The third-order valence-electron chi connectivity index (χ3n) is 5.68. The minimum absolute atomic E-state index is 0.0462. The van der Waals surface area contributed by atoms with Gasteiger partial charge in [-0.1, -0.05) is 24.3 Å². The zero-order valence-electron chi connectivity index (χ0n) is 18.5. The van der Waals surface area contributed by atoms with Crippen LogP contribution in [0.4, 0.5) is 5.69 Å². The van der Waals surface area contributed by atoms with Crippen LogP contribution in [0.25, 0.3) is 22.4 Å². The Balaban J connectivity index is 1.34. The molecule has 7 nitrogen and oxygen atoms in total. The number of thiazole rings is 1. The maximum Gasteiger partial charge on any atom is 0.284 e. The average Bonchev–Trinajstić information content (AvgIpc) is 3.52. The van der Waals surface area contributed by atoms with Crippen molar-refractivity contribution >= 4 is 28.8 Å². The Morgan fingerprint density at radius 1 is 1.00 bits per heavy atom. The van der Waals surface area contributed by atoms with Gasteiger partial charge in [0.05, 0.1) is 19.9 Å². The van der Waals surface area contributed by atoms with Gasteiger partial charge in [-0.3, -0.25) is 9.59 Å². The molecule has 4 aromatic rings. The van der Waals surface area contributed by atoms with Gasteiger partial charge in [0.25, 0.3) is 11.8 Å². The van der Waals surface area contributed by atoms with Crippen molar-refractivity contribution in [2.24, 2.45) is 0 Å². The first-order chi connectivity index (χ1) is 16.6. The number of aromatic nitrogens is 1. The Morgan fingerprint density at radius 3 is 2.56 bits per heavy atom. The zero-order valence-corrected chi connectivity index (χ0v) is 19.4. The van der Waals surface area contributed by atoms with Crippen molar-refractivity contribution in [3.63, 3.8) is 0 Å². The fraction of sp³-hybridized carbons (Fsp3) is 0.115. The van der Waals surface area contributed by atoms with Gasteiger partial charge in [-0.05, 0) is 53.1 Å². The molecular weight excluding hydrogens is 450 g/mol. The van der Waals surface area contributed by atoms with Gasteiger partial charge < -0.3 is 20.1 Å². The molecule has 2 heterocycles. The van der Waals surface area contributed by atoms with Crippen molar-refractivity contribution in [2.45, 2.75) is 6.54 Å². The average molecular weight is 472 g/mol. The minimum Gasteiger partial charge on any atom is -0.497 e. The van der Waals surface area contributed by atoms with Gasteiger partial charge in [0, 0.05) is 28.7 Å². The molecule has 1 aromatic heterocycles. The molecule has 0 aliphatic carbocycles. The van der Waals surface area contributed by atoms with Gasteiger partial charge in [0.1, 0.15) is 11.5 Å². The summed E-state index contributed by atoms with van der Waals surface area (Å²) >= 11 is 1.26. The Hall–Kier alpha value is -4.17. The number of carbonyl (C=O) groups is 2. The highest BCUT2D eigenvalue weighted by molar-refractivity contribution is 7.12. The van der Waals surface area contributed by atoms with E-state index in [2.05, 4.69) is 15.6 Å². The minimum atomic E-state index is -0.290. The van der Waals surface area contributed by atoms with Gasteiger partial charge in [-0.15, -0.1) is 11.3 Å². The maximum atomic E-state index is 12.8. The predicted octanol–water partition coefficient (Wildman–Crippen LogP) is 4.99. The molecule has 1 aliphatic rings. The summed E-state index contributed by atoms with van der Waals surface area (Å²) in [6.45, 7) is 0.521. The predicted molar refractivity (Wildman–Crippen MR) is 132 cm³/mol. The Kier molecular flexibility index (Phi) is 5.73. The number of amides is 2. The first-order valence-corrected chi connectivity index (χ1v) is 11.4. The van der Waals surface area contributed by atoms with E-state index in [1.54, 1.807) is 14.2 Å². The van der Waals surface area contributed by atoms with Gasteiger partial charge in [0.15, 0.2) is 5.01 Å². The normalized spacial score (nSPS) is 12.1. The third-order valence-corrected chi connectivity index (χ3v) is 6.52. The van der Waals surface area contributed by atoms with E-state index in [4.69, 9.17) is 9.47 Å². The summed E-state index contributed by atoms with van der Waals surface area (Å²) in [5, 5.41) is 7.92. The smallest absolute Gasteiger partial charge is 0.284 e. The van der Waals surface area contributed by atoms with Crippen molar-refractivity contribution in [2.75, 3.05) is 19.5 Å². The summed E-state index contributed by atoms with van der Waals surface area (Å²) in [5.41, 5.74) is 5.74. The molecule has 3 aromatic carbocycles. The molecule has 5 rings (SSSR count). The van der Waals surface area contributed by atoms with Crippen LogP contribution in [0.5, 0.6) is 11.5 Å². The number of anilines is 1. The van der Waals surface area contributed by atoms with Crippen LogP contribution < -0.4 is 20.1 Å². The molecule has 34 heavy (non-hydrogen) atoms. The standard InChI is InChI=1S/C26H21N3O4S/c1-32-17-10-11-23(33-2)20(12-17)22-14-34-26(29-22)25(31)28-16-8-6-15(7-9-16)18-4-3-5-19-21(18)13-27-24(19)30/h3-12,14H,13H2,1-2H3,(H,27,30)(H,28,31). The number of fused-ring (bicyclic) bond motifs is 1. The van der Waals surface area contributed by atoms with E-state index in [1.807, 2.05) is 66.0 Å². The molecule has 2 amide bonds. The SMILES string of the molecule is COc1ccc(OC)c(-c2csc(C(=O)Nc3ccc(-c4cccc5c4CNC5=O)cc3)n2)c1. The van der Waals surface area contributed by atoms with E-state index in [9.17, 15) is 9.59 Å². The molecule has 0 radical (unpaired) electrons. The molecule has 170 valence electrons. The third kappa shape index (κ3) is 3.99. The van der Waals surface area contributed by atoms with E-state index < -0.39 is 0 Å². The molecule has 0 spiro atoms. The lowest BCUT2D eigenvalue weighted by molar-refractivity contribution is 0.0964. The highest BCUT2D eigenvalue weighted by atomic mass is 32.1. The van der Waals surface area contributed by atoms with Crippen LogP contribution in [0.15, 0.2) is 66.0 Å². The van der Waals surface area contributed by atoms with Crippen molar-refractivity contribution in [3.8, 4) is 33.9 Å². The van der Waals surface area contributed by atoms with Gasteiger partial charge in [0.2, 0.25) is 0 Å². The molecule has 0 bridgehead atoms. The van der Waals surface area contributed by atoms with Crippen LogP contribution in [0.1, 0.15) is 25.7 Å². The lowest BCUT2D eigenvalue weighted by Gasteiger charge is -2.09. The van der Waals surface area contributed by atoms with Crippen molar-refractivity contribution < 1.29 is 19.1 Å². The number of benzene rings is 3. The summed E-state index contributed by atoms with van der Waals surface area (Å²) in [7, 11) is 3.19. The molecular formula is C26H21N3O4S. The van der Waals surface area contributed by atoms with Gasteiger partial charge >= 0.3 is 0 Å². The summed E-state index contributed by atoms with van der Waals surface area (Å²) in [6, 6.07) is 18.7. The first-order valence-electron chi connectivity index (χ1n) is 10.6. The lowest BCUT2D eigenvalue weighted by Crippen LogP contribution is -2.12. The lowest BCUT2D eigenvalue weighted by atomic mass is 9.97. The molecule has 1 aliphatic heterocycles. The van der Waals surface area contributed by atoms with Gasteiger partial charge in [-0.25, -0.2) is 4.98 Å². The highest BCUT2D eigenvalue weighted by Gasteiger charge is 2.22. The van der Waals surface area contributed by atoms with Crippen LogP contribution in [-0.2, 0) is 6.54 Å². The van der Waals surface area contributed by atoms with Gasteiger partial charge in [-0.2, -0.15) is 0 Å². The second-order valence-electron chi connectivity index (χ2n) is 7.65. The molecule has 0 fully saturated rings. The topological polar surface area (TPSA) is 89.5 Å². The molecule has 8 heteroatoms. The number of hydrogen-bond donors (Lipinski definition) is 2. The quantitative estimate of drug-likeness (QED) is 0.414. The van der Waals surface area contributed by atoms with Crippen LogP contribution in [0.3, 0.4) is 0 Å². The summed E-state index contributed by atoms with van der Waals surface area (Å²) in [5.74, 6) is 0.994. The van der Waals surface area contributed by atoms with E-state index >= 15 is 0 Å². The fourth-order valence-electron chi connectivity index (χ4n) is 3.96. The summed E-state index contributed by atoms with van der Waals surface area (Å²) < 4.78 is 10.7. The first kappa shape index (κ1) is 21.7. The molecule has 0 saturated heterocycles. The number of nitrogens with one attached hydrogen (secondary N) is 2. The van der Waals surface area contributed by atoms with Crippen molar-refractivity contribution in [1.82, 2.24) is 10.3 Å². The molecule has 2 N–H and O–H groups in total. The van der Waals surface area contributed by atoms with Crippen LogP contribution >= 0.6 is 11.3 Å². The Morgan fingerprint density at radius 2 is 1.79 bits per heavy atom.